The van der Waals surface area contributed by atoms with Crippen LogP contribution in [0, 0.1) is 11.8 Å². The second kappa shape index (κ2) is 7.93. The van der Waals surface area contributed by atoms with Gasteiger partial charge in [-0.05, 0) is 43.9 Å². The fraction of sp³-hybridized carbons (Fsp3) is 0.700. The summed E-state index contributed by atoms with van der Waals surface area (Å²) in [7, 11) is 3.36. The third-order valence-electron chi connectivity index (χ3n) is 5.36. The number of amides is 2. The van der Waals surface area contributed by atoms with E-state index < -0.39 is 12.1 Å². The van der Waals surface area contributed by atoms with Gasteiger partial charge < -0.3 is 19.7 Å². The van der Waals surface area contributed by atoms with E-state index in [9.17, 15) is 9.59 Å². The monoisotopic (exact) mass is 388 g/mol. The Morgan fingerprint density at radius 3 is 2.50 bits per heavy atom. The average Bonchev–Trinajstić information content (AvgIpc) is 3.52. The van der Waals surface area contributed by atoms with Crippen molar-refractivity contribution < 1.29 is 19.1 Å². The minimum atomic E-state index is -0.692. The van der Waals surface area contributed by atoms with E-state index in [0.717, 1.165) is 31.4 Å². The summed E-state index contributed by atoms with van der Waals surface area (Å²) in [6.07, 6.45) is 8.15. The number of carbonyl (C=O) groups excluding carboxylic acids is 2. The van der Waals surface area contributed by atoms with E-state index in [2.05, 4.69) is 15.3 Å². The molecule has 0 aromatic carbocycles. The van der Waals surface area contributed by atoms with Crippen LogP contribution in [0.2, 0.25) is 0 Å². The van der Waals surface area contributed by atoms with Crippen LogP contribution in [0.3, 0.4) is 0 Å². The number of carbonyl (C=O) groups is 2. The van der Waals surface area contributed by atoms with Gasteiger partial charge >= 0.3 is 6.09 Å². The van der Waals surface area contributed by atoms with Crippen LogP contribution in [0.25, 0.3) is 0 Å². The zero-order valence-electron chi connectivity index (χ0n) is 16.5. The topological polar surface area (TPSA) is 93.7 Å². The minimum absolute atomic E-state index is 0.0928. The zero-order chi connectivity index (χ0) is 19.7. The molecule has 3 aliphatic carbocycles. The molecule has 1 heterocycles. The van der Waals surface area contributed by atoms with Crippen LogP contribution >= 0.6 is 0 Å². The molecule has 152 valence electrons. The first-order chi connectivity index (χ1) is 13.5. The highest BCUT2D eigenvalue weighted by Crippen LogP contribution is 2.43. The number of likely N-dealkylation sites (N-methyl/N-ethyl adjacent to an activating group) is 1. The summed E-state index contributed by atoms with van der Waals surface area (Å²) < 4.78 is 11.2. The molecular weight excluding hydrogens is 360 g/mol. The third-order valence-corrected chi connectivity index (χ3v) is 5.36. The highest BCUT2D eigenvalue weighted by Gasteiger charge is 2.33. The van der Waals surface area contributed by atoms with Crippen molar-refractivity contribution in [2.24, 2.45) is 11.8 Å². The van der Waals surface area contributed by atoms with Crippen molar-refractivity contribution in [2.45, 2.75) is 56.9 Å². The Labute approximate surface area is 165 Å². The Morgan fingerprint density at radius 1 is 1.18 bits per heavy atom. The number of rotatable bonds is 9. The first-order valence-electron chi connectivity index (χ1n) is 10.2. The summed E-state index contributed by atoms with van der Waals surface area (Å²) in [4.78, 5) is 35.0. The highest BCUT2D eigenvalue weighted by molar-refractivity contribution is 5.85. The second-order valence-corrected chi connectivity index (χ2v) is 8.43. The van der Waals surface area contributed by atoms with Gasteiger partial charge in [0, 0.05) is 20.0 Å². The molecule has 3 aliphatic rings. The van der Waals surface area contributed by atoms with Crippen LogP contribution in [-0.2, 0) is 4.79 Å². The van der Waals surface area contributed by atoms with Gasteiger partial charge in [0.05, 0.1) is 12.8 Å². The SMILES string of the molecule is CN(C)C(=O)[C@H](CC1CC1)NC(=O)Oc1cnc(C2CC2)c(OCC2CC2)n1. The van der Waals surface area contributed by atoms with Gasteiger partial charge in [0.1, 0.15) is 11.7 Å². The molecule has 2 amide bonds. The lowest BCUT2D eigenvalue weighted by Gasteiger charge is -2.21. The van der Waals surface area contributed by atoms with Gasteiger partial charge in [-0.1, -0.05) is 12.8 Å². The molecule has 0 aliphatic heterocycles. The lowest BCUT2D eigenvalue weighted by atomic mass is 10.1. The lowest BCUT2D eigenvalue weighted by Crippen LogP contribution is -2.47. The normalized spacial score (nSPS) is 19.6. The Morgan fingerprint density at radius 2 is 1.89 bits per heavy atom. The van der Waals surface area contributed by atoms with Gasteiger partial charge in [0.15, 0.2) is 0 Å². The smallest absolute Gasteiger partial charge is 0.414 e. The number of aromatic nitrogens is 2. The van der Waals surface area contributed by atoms with Crippen molar-refractivity contribution in [3.05, 3.63) is 11.9 Å². The molecule has 3 saturated carbocycles. The molecule has 1 atom stereocenters. The Kier molecular flexibility index (Phi) is 5.37. The molecule has 8 nitrogen and oxygen atoms in total. The van der Waals surface area contributed by atoms with Crippen molar-refractivity contribution in [3.63, 3.8) is 0 Å². The number of ether oxygens (including phenoxy) is 2. The van der Waals surface area contributed by atoms with E-state index in [1.807, 2.05) is 0 Å². The van der Waals surface area contributed by atoms with Crippen molar-refractivity contribution in [2.75, 3.05) is 20.7 Å². The molecule has 8 heteroatoms. The number of nitrogens with zero attached hydrogens (tertiary/aromatic N) is 3. The molecule has 28 heavy (non-hydrogen) atoms. The van der Waals surface area contributed by atoms with Crippen LogP contribution in [0.1, 0.15) is 56.6 Å². The molecule has 0 unspecified atom stereocenters. The van der Waals surface area contributed by atoms with E-state index in [0.29, 0.717) is 36.7 Å². The van der Waals surface area contributed by atoms with Crippen LogP contribution in [0.15, 0.2) is 6.20 Å². The van der Waals surface area contributed by atoms with Crippen LogP contribution < -0.4 is 14.8 Å². The molecule has 1 N–H and O–H groups in total. The van der Waals surface area contributed by atoms with Gasteiger partial charge in [-0.3, -0.25) is 4.79 Å². The van der Waals surface area contributed by atoms with Gasteiger partial charge in [0.25, 0.3) is 0 Å². The first kappa shape index (κ1) is 19.0. The Balaban J connectivity index is 1.39. The minimum Gasteiger partial charge on any atom is -0.476 e. The van der Waals surface area contributed by atoms with E-state index >= 15 is 0 Å². The van der Waals surface area contributed by atoms with Crippen molar-refractivity contribution in [1.29, 1.82) is 0 Å². The summed E-state index contributed by atoms with van der Waals surface area (Å²) in [6, 6.07) is -0.584. The summed E-state index contributed by atoms with van der Waals surface area (Å²) in [5.74, 6) is 1.92. The van der Waals surface area contributed by atoms with Gasteiger partial charge in [-0.2, -0.15) is 4.98 Å². The number of hydrogen-bond acceptors (Lipinski definition) is 6. The largest absolute Gasteiger partial charge is 0.476 e. The molecule has 0 bridgehead atoms. The molecule has 0 spiro atoms. The highest BCUT2D eigenvalue weighted by atomic mass is 16.6. The van der Waals surface area contributed by atoms with Crippen LogP contribution in [0.4, 0.5) is 4.79 Å². The molecular formula is C20H28N4O4. The summed E-state index contributed by atoms with van der Waals surface area (Å²) >= 11 is 0. The molecule has 0 radical (unpaired) electrons. The van der Waals surface area contributed by atoms with Crippen molar-refractivity contribution in [3.8, 4) is 11.8 Å². The molecule has 4 rings (SSSR count). The Bertz CT molecular complexity index is 742. The molecule has 3 fully saturated rings. The van der Waals surface area contributed by atoms with Crippen LogP contribution in [0.5, 0.6) is 11.8 Å². The second-order valence-electron chi connectivity index (χ2n) is 8.43. The van der Waals surface area contributed by atoms with Gasteiger partial charge in [-0.25, -0.2) is 9.78 Å². The van der Waals surface area contributed by atoms with E-state index in [-0.39, 0.29) is 11.8 Å². The van der Waals surface area contributed by atoms with E-state index in [1.54, 1.807) is 14.1 Å². The average molecular weight is 388 g/mol. The maximum atomic E-state index is 12.4. The summed E-state index contributed by atoms with van der Waals surface area (Å²) in [5, 5.41) is 2.69. The zero-order valence-corrected chi connectivity index (χ0v) is 16.5. The quantitative estimate of drug-likeness (QED) is 0.699. The summed E-state index contributed by atoms with van der Waals surface area (Å²) in [6.45, 7) is 0.630. The van der Waals surface area contributed by atoms with Crippen molar-refractivity contribution >= 4 is 12.0 Å². The standard InChI is InChI=1S/C20H28N4O4/c1-24(2)19(25)15(9-12-3-4-12)22-20(26)28-16-10-21-17(14-7-8-14)18(23-16)27-11-13-5-6-13/h10,12-15H,3-9,11H2,1-2H3,(H,22,26)/t15-/m0/s1. The maximum absolute atomic E-state index is 12.4. The van der Waals surface area contributed by atoms with E-state index in [4.69, 9.17) is 9.47 Å². The van der Waals surface area contributed by atoms with Gasteiger partial charge in [0.2, 0.25) is 17.7 Å². The number of hydrogen-bond donors (Lipinski definition) is 1. The number of nitrogens with one attached hydrogen (secondary N) is 1. The molecule has 0 saturated heterocycles. The fourth-order valence-electron chi connectivity index (χ4n) is 3.13. The first-order valence-corrected chi connectivity index (χ1v) is 10.2. The predicted molar refractivity (Wildman–Crippen MR) is 101 cm³/mol. The molecule has 1 aromatic rings. The van der Waals surface area contributed by atoms with Crippen LogP contribution in [-0.4, -0.2) is 53.6 Å². The predicted octanol–water partition coefficient (Wildman–Crippen LogP) is 2.49. The summed E-state index contributed by atoms with van der Waals surface area (Å²) in [5.41, 5.74) is 0.850. The Hall–Kier alpha value is -2.38. The van der Waals surface area contributed by atoms with Gasteiger partial charge in [-0.15, -0.1) is 0 Å². The van der Waals surface area contributed by atoms with Crippen molar-refractivity contribution in [1.82, 2.24) is 20.2 Å². The maximum Gasteiger partial charge on any atom is 0.414 e. The fourth-order valence-corrected chi connectivity index (χ4v) is 3.13. The third kappa shape index (κ3) is 5.11. The van der Waals surface area contributed by atoms with E-state index in [1.165, 1.54) is 23.9 Å². The molecule has 1 aromatic heterocycles. The lowest BCUT2D eigenvalue weighted by molar-refractivity contribution is -0.131.